The SMILES string of the molecule is CC(C)(C)OC(=O)Nc1cccc(C(=O)OCCN2C(=O)c3ccccc3C2=O)c1. The van der Waals surface area contributed by atoms with E-state index < -0.39 is 29.5 Å². The average molecular weight is 410 g/mol. The van der Waals surface area contributed by atoms with Crippen LogP contribution in [-0.4, -0.2) is 47.5 Å². The van der Waals surface area contributed by atoms with Gasteiger partial charge in [-0.25, -0.2) is 9.59 Å². The number of hydrogen-bond acceptors (Lipinski definition) is 6. The number of anilines is 1. The van der Waals surface area contributed by atoms with Crippen LogP contribution in [0.15, 0.2) is 48.5 Å². The van der Waals surface area contributed by atoms with Crippen molar-refractivity contribution in [3.05, 3.63) is 65.2 Å². The third-order valence-corrected chi connectivity index (χ3v) is 4.17. The predicted molar refractivity (Wildman–Crippen MR) is 108 cm³/mol. The molecule has 1 aliphatic rings. The van der Waals surface area contributed by atoms with E-state index in [1.165, 1.54) is 12.1 Å². The van der Waals surface area contributed by atoms with E-state index in [2.05, 4.69) is 5.32 Å². The summed E-state index contributed by atoms with van der Waals surface area (Å²) in [4.78, 5) is 49.9. The van der Waals surface area contributed by atoms with Gasteiger partial charge in [0.25, 0.3) is 11.8 Å². The van der Waals surface area contributed by atoms with Gasteiger partial charge < -0.3 is 9.47 Å². The highest BCUT2D eigenvalue weighted by Gasteiger charge is 2.34. The van der Waals surface area contributed by atoms with Gasteiger partial charge in [0.05, 0.1) is 23.2 Å². The Hall–Kier alpha value is -3.68. The maximum atomic E-state index is 12.3. The molecular formula is C22H22N2O6. The van der Waals surface area contributed by atoms with E-state index in [0.29, 0.717) is 16.8 Å². The number of ether oxygens (including phenoxy) is 2. The summed E-state index contributed by atoms with van der Waals surface area (Å²) in [5.74, 6) is -1.45. The number of carbonyl (C=O) groups excluding carboxylic acids is 4. The summed E-state index contributed by atoms with van der Waals surface area (Å²) in [5, 5.41) is 2.55. The Balaban J connectivity index is 1.55. The molecule has 2 aromatic carbocycles. The largest absolute Gasteiger partial charge is 0.460 e. The Labute approximate surface area is 173 Å². The third-order valence-electron chi connectivity index (χ3n) is 4.17. The lowest BCUT2D eigenvalue weighted by Crippen LogP contribution is -2.33. The van der Waals surface area contributed by atoms with Crippen LogP contribution in [0.25, 0.3) is 0 Å². The molecule has 1 aliphatic heterocycles. The Kier molecular flexibility index (Phi) is 5.86. The molecule has 0 spiro atoms. The third kappa shape index (κ3) is 4.83. The highest BCUT2D eigenvalue weighted by atomic mass is 16.6. The topological polar surface area (TPSA) is 102 Å². The number of rotatable bonds is 5. The van der Waals surface area contributed by atoms with E-state index in [9.17, 15) is 19.2 Å². The van der Waals surface area contributed by atoms with E-state index in [0.717, 1.165) is 4.90 Å². The highest BCUT2D eigenvalue weighted by molar-refractivity contribution is 6.21. The summed E-state index contributed by atoms with van der Waals surface area (Å²) in [6.45, 7) is 5.04. The molecule has 0 bridgehead atoms. The molecule has 30 heavy (non-hydrogen) atoms. The molecule has 0 saturated heterocycles. The molecule has 0 aliphatic carbocycles. The molecule has 1 N–H and O–H groups in total. The van der Waals surface area contributed by atoms with Gasteiger partial charge in [-0.1, -0.05) is 18.2 Å². The van der Waals surface area contributed by atoms with E-state index in [4.69, 9.17) is 9.47 Å². The number of amides is 3. The van der Waals surface area contributed by atoms with Crippen molar-refractivity contribution in [1.82, 2.24) is 4.90 Å². The van der Waals surface area contributed by atoms with Crippen LogP contribution < -0.4 is 5.32 Å². The molecule has 8 heteroatoms. The zero-order valence-electron chi connectivity index (χ0n) is 16.9. The second-order valence-corrected chi connectivity index (χ2v) is 7.65. The Bertz CT molecular complexity index is 974. The zero-order chi connectivity index (χ0) is 21.9. The Morgan fingerprint density at radius 1 is 0.967 bits per heavy atom. The van der Waals surface area contributed by atoms with Crippen molar-refractivity contribution < 1.29 is 28.7 Å². The van der Waals surface area contributed by atoms with Crippen LogP contribution in [-0.2, 0) is 9.47 Å². The summed E-state index contributed by atoms with van der Waals surface area (Å²) in [6.07, 6.45) is -0.640. The standard InChI is InChI=1S/C22H22N2O6/c1-22(2,3)30-21(28)23-15-8-6-7-14(13-15)20(27)29-12-11-24-18(25)16-9-4-5-10-17(16)19(24)26/h4-10,13H,11-12H2,1-3H3,(H,23,28). The fourth-order valence-corrected chi connectivity index (χ4v) is 2.90. The van der Waals surface area contributed by atoms with Crippen molar-refractivity contribution in [2.75, 3.05) is 18.5 Å². The van der Waals surface area contributed by atoms with Gasteiger partial charge in [-0.05, 0) is 51.1 Å². The molecule has 0 aromatic heterocycles. The molecule has 156 valence electrons. The van der Waals surface area contributed by atoms with Crippen LogP contribution in [0.1, 0.15) is 51.8 Å². The predicted octanol–water partition coefficient (Wildman–Crippen LogP) is 3.49. The lowest BCUT2D eigenvalue weighted by Gasteiger charge is -2.19. The normalized spacial score (nSPS) is 13.1. The van der Waals surface area contributed by atoms with Crippen LogP contribution in [0, 0.1) is 0 Å². The Morgan fingerprint density at radius 3 is 2.20 bits per heavy atom. The maximum absolute atomic E-state index is 12.3. The fourth-order valence-electron chi connectivity index (χ4n) is 2.90. The van der Waals surface area contributed by atoms with Crippen LogP contribution in [0.5, 0.6) is 0 Å². The lowest BCUT2D eigenvalue weighted by molar-refractivity contribution is 0.0420. The van der Waals surface area contributed by atoms with Crippen molar-refractivity contribution in [1.29, 1.82) is 0 Å². The van der Waals surface area contributed by atoms with Gasteiger partial charge >= 0.3 is 12.1 Å². The van der Waals surface area contributed by atoms with E-state index in [1.807, 2.05) is 0 Å². The molecular weight excluding hydrogens is 388 g/mol. The van der Waals surface area contributed by atoms with Crippen molar-refractivity contribution in [3.8, 4) is 0 Å². The number of carbonyl (C=O) groups is 4. The molecule has 0 fully saturated rings. The summed E-state index contributed by atoms with van der Waals surface area (Å²) in [7, 11) is 0. The van der Waals surface area contributed by atoms with Gasteiger partial charge in [-0.15, -0.1) is 0 Å². The molecule has 0 saturated carbocycles. The first-order valence-electron chi connectivity index (χ1n) is 9.38. The molecule has 0 unspecified atom stereocenters. The Morgan fingerprint density at radius 2 is 1.60 bits per heavy atom. The van der Waals surface area contributed by atoms with Crippen LogP contribution in [0.2, 0.25) is 0 Å². The number of esters is 1. The fraction of sp³-hybridized carbons (Fsp3) is 0.273. The molecule has 8 nitrogen and oxygen atoms in total. The van der Waals surface area contributed by atoms with Crippen LogP contribution in [0.3, 0.4) is 0 Å². The molecule has 0 atom stereocenters. The highest BCUT2D eigenvalue weighted by Crippen LogP contribution is 2.22. The average Bonchev–Trinajstić information content (AvgIpc) is 2.91. The van der Waals surface area contributed by atoms with Crippen molar-refractivity contribution in [2.24, 2.45) is 0 Å². The zero-order valence-corrected chi connectivity index (χ0v) is 16.9. The van der Waals surface area contributed by atoms with E-state index in [1.54, 1.807) is 57.2 Å². The van der Waals surface area contributed by atoms with Crippen LogP contribution >= 0.6 is 0 Å². The number of nitrogens with one attached hydrogen (secondary N) is 1. The van der Waals surface area contributed by atoms with E-state index in [-0.39, 0.29) is 18.7 Å². The molecule has 3 amide bonds. The van der Waals surface area contributed by atoms with Gasteiger partial charge in [-0.3, -0.25) is 19.8 Å². The van der Waals surface area contributed by atoms with Gasteiger partial charge in [0.15, 0.2) is 0 Å². The number of benzene rings is 2. The summed E-state index contributed by atoms with van der Waals surface area (Å²) in [6, 6.07) is 12.7. The minimum atomic E-state index is -0.648. The minimum absolute atomic E-state index is 0.0477. The van der Waals surface area contributed by atoms with Crippen molar-refractivity contribution >= 4 is 29.6 Å². The summed E-state index contributed by atoms with van der Waals surface area (Å²) >= 11 is 0. The van der Waals surface area contributed by atoms with Gasteiger partial charge in [0.2, 0.25) is 0 Å². The first-order valence-corrected chi connectivity index (χ1v) is 9.38. The monoisotopic (exact) mass is 410 g/mol. The second-order valence-electron chi connectivity index (χ2n) is 7.65. The van der Waals surface area contributed by atoms with Gasteiger partial charge in [0.1, 0.15) is 12.2 Å². The summed E-state index contributed by atoms with van der Waals surface area (Å²) in [5.41, 5.74) is 0.625. The smallest absolute Gasteiger partial charge is 0.412 e. The second kappa shape index (κ2) is 8.36. The number of nitrogens with zero attached hydrogens (tertiary/aromatic N) is 1. The lowest BCUT2D eigenvalue weighted by atomic mass is 10.1. The molecule has 0 radical (unpaired) electrons. The first kappa shape index (κ1) is 21.0. The van der Waals surface area contributed by atoms with Gasteiger partial charge in [0, 0.05) is 5.69 Å². The molecule has 2 aromatic rings. The minimum Gasteiger partial charge on any atom is -0.460 e. The molecule has 1 heterocycles. The van der Waals surface area contributed by atoms with Crippen molar-refractivity contribution in [2.45, 2.75) is 26.4 Å². The number of hydrogen-bond donors (Lipinski definition) is 1. The number of fused-ring (bicyclic) bond motifs is 1. The first-order chi connectivity index (χ1) is 14.2. The van der Waals surface area contributed by atoms with Gasteiger partial charge in [-0.2, -0.15) is 0 Å². The van der Waals surface area contributed by atoms with Crippen LogP contribution in [0.4, 0.5) is 10.5 Å². The quantitative estimate of drug-likeness (QED) is 0.598. The van der Waals surface area contributed by atoms with Crippen molar-refractivity contribution in [3.63, 3.8) is 0 Å². The molecule has 3 rings (SSSR count). The summed E-state index contributed by atoms with van der Waals surface area (Å²) < 4.78 is 10.4. The van der Waals surface area contributed by atoms with E-state index >= 15 is 0 Å². The maximum Gasteiger partial charge on any atom is 0.412 e. The number of imide groups is 1.